The lowest BCUT2D eigenvalue weighted by atomic mass is 9.89. The van der Waals surface area contributed by atoms with Crippen LogP contribution in [0.3, 0.4) is 0 Å². The third kappa shape index (κ3) is 8.87. The third-order valence-electron chi connectivity index (χ3n) is 8.20. The van der Waals surface area contributed by atoms with E-state index in [1.807, 2.05) is 44.2 Å². The van der Waals surface area contributed by atoms with Gasteiger partial charge in [-0.1, -0.05) is 60.1 Å². The summed E-state index contributed by atoms with van der Waals surface area (Å²) in [5, 5.41) is 9.46. The predicted molar refractivity (Wildman–Crippen MR) is 194 cm³/mol. The van der Waals surface area contributed by atoms with Gasteiger partial charge in [0.25, 0.3) is 0 Å². The molecule has 1 aromatic heterocycles. The molecule has 0 bridgehead atoms. The van der Waals surface area contributed by atoms with E-state index in [9.17, 15) is 10.1 Å². The lowest BCUT2D eigenvalue weighted by Gasteiger charge is -2.19. The summed E-state index contributed by atoms with van der Waals surface area (Å²) < 4.78 is 29.5. The van der Waals surface area contributed by atoms with Gasteiger partial charge in [0, 0.05) is 37.2 Å². The zero-order valence-corrected chi connectivity index (χ0v) is 29.3. The number of ether oxygens (including phenoxy) is 5. The molecule has 5 rings (SSSR count). The standard InChI is InChI=1S/C41H39ClN2O6/c1-5-46-41(47-6-2)26-48-34-12-7-10-31(17-34)35-13-9-15-37(28(35)4)36-14-8-11-32(27(36)3)25-50-40-19-39(33(23-45)18-38(40)42)49-24-30-16-29(20-43)21-44-22-30/h7-19,21-23,41H,5-6,24-26H2,1-4H3. The van der Waals surface area contributed by atoms with E-state index in [1.165, 1.54) is 12.3 Å². The van der Waals surface area contributed by atoms with E-state index in [0.717, 1.165) is 44.7 Å². The van der Waals surface area contributed by atoms with E-state index >= 15 is 0 Å². The maximum absolute atomic E-state index is 11.8. The van der Waals surface area contributed by atoms with E-state index in [-0.39, 0.29) is 18.8 Å². The van der Waals surface area contributed by atoms with Gasteiger partial charge in [-0.3, -0.25) is 9.78 Å². The van der Waals surface area contributed by atoms with Crippen LogP contribution in [0.15, 0.2) is 91.3 Å². The summed E-state index contributed by atoms with van der Waals surface area (Å²) in [6.07, 6.45) is 3.35. The Labute approximate surface area is 298 Å². The molecule has 0 aliphatic heterocycles. The van der Waals surface area contributed by atoms with Crippen molar-refractivity contribution < 1.29 is 28.5 Å². The second-order valence-corrected chi connectivity index (χ2v) is 11.9. The van der Waals surface area contributed by atoms with Crippen LogP contribution in [0.1, 0.15) is 52.0 Å². The Hall–Kier alpha value is -5.20. The number of nitrogens with zero attached hydrogens (tertiary/aromatic N) is 2. The third-order valence-corrected chi connectivity index (χ3v) is 8.49. The summed E-state index contributed by atoms with van der Waals surface area (Å²) in [5.74, 6) is 1.44. The Bertz CT molecular complexity index is 1980. The number of pyridine rings is 1. The van der Waals surface area contributed by atoms with Crippen LogP contribution >= 0.6 is 11.6 Å². The summed E-state index contributed by atoms with van der Waals surface area (Å²) in [5.41, 5.74) is 8.95. The van der Waals surface area contributed by atoms with Crippen molar-refractivity contribution in [2.75, 3.05) is 19.8 Å². The molecule has 0 N–H and O–H groups in total. The van der Waals surface area contributed by atoms with Crippen molar-refractivity contribution in [2.45, 2.75) is 47.2 Å². The van der Waals surface area contributed by atoms with Gasteiger partial charge in [-0.15, -0.1) is 0 Å². The van der Waals surface area contributed by atoms with Crippen LogP contribution in [0.4, 0.5) is 0 Å². The van der Waals surface area contributed by atoms with Gasteiger partial charge in [-0.2, -0.15) is 5.26 Å². The fourth-order valence-corrected chi connectivity index (χ4v) is 5.85. The number of rotatable bonds is 16. The Morgan fingerprint density at radius 2 is 1.50 bits per heavy atom. The quantitative estimate of drug-likeness (QED) is 0.0746. The maximum Gasteiger partial charge on any atom is 0.191 e. The van der Waals surface area contributed by atoms with Crippen LogP contribution < -0.4 is 14.2 Å². The molecule has 0 unspecified atom stereocenters. The Morgan fingerprint density at radius 3 is 2.24 bits per heavy atom. The maximum atomic E-state index is 11.8. The minimum Gasteiger partial charge on any atom is -0.488 e. The van der Waals surface area contributed by atoms with E-state index in [1.54, 1.807) is 18.3 Å². The van der Waals surface area contributed by atoms with Crippen LogP contribution in [-0.4, -0.2) is 37.4 Å². The first-order chi connectivity index (χ1) is 24.3. The number of nitriles is 1. The molecular weight excluding hydrogens is 652 g/mol. The fourth-order valence-electron chi connectivity index (χ4n) is 5.63. The minimum absolute atomic E-state index is 0.115. The molecular formula is C41H39ClN2O6. The molecule has 0 saturated carbocycles. The number of aromatic nitrogens is 1. The monoisotopic (exact) mass is 690 g/mol. The number of hydrogen-bond donors (Lipinski definition) is 0. The largest absolute Gasteiger partial charge is 0.488 e. The highest BCUT2D eigenvalue weighted by Crippen LogP contribution is 2.37. The molecule has 0 radical (unpaired) electrons. The van der Waals surface area contributed by atoms with E-state index in [0.29, 0.717) is 53.8 Å². The van der Waals surface area contributed by atoms with Gasteiger partial charge in [0.2, 0.25) is 0 Å². The molecule has 0 atom stereocenters. The summed E-state index contributed by atoms with van der Waals surface area (Å²) >= 11 is 6.53. The molecule has 8 nitrogen and oxygen atoms in total. The Balaban J connectivity index is 1.34. The van der Waals surface area contributed by atoms with E-state index in [4.69, 9.17) is 35.3 Å². The minimum atomic E-state index is -0.419. The van der Waals surface area contributed by atoms with E-state index in [2.05, 4.69) is 55.2 Å². The van der Waals surface area contributed by atoms with Crippen LogP contribution in [-0.2, 0) is 22.7 Å². The lowest BCUT2D eigenvalue weighted by Crippen LogP contribution is -2.25. The van der Waals surface area contributed by atoms with Gasteiger partial charge < -0.3 is 23.7 Å². The first-order valence-electron chi connectivity index (χ1n) is 16.4. The number of benzene rings is 4. The van der Waals surface area contributed by atoms with Crippen molar-refractivity contribution in [2.24, 2.45) is 0 Å². The van der Waals surface area contributed by atoms with Crippen molar-refractivity contribution in [1.82, 2.24) is 4.98 Å². The normalized spacial score (nSPS) is 10.9. The zero-order valence-electron chi connectivity index (χ0n) is 28.6. The molecule has 9 heteroatoms. The number of hydrogen-bond acceptors (Lipinski definition) is 8. The van der Waals surface area contributed by atoms with Crippen LogP contribution in [0, 0.1) is 25.2 Å². The van der Waals surface area contributed by atoms with Crippen molar-refractivity contribution in [3.05, 3.63) is 130 Å². The van der Waals surface area contributed by atoms with Crippen molar-refractivity contribution >= 4 is 17.9 Å². The number of carbonyl (C=O) groups is 1. The van der Waals surface area contributed by atoms with E-state index < -0.39 is 6.29 Å². The highest BCUT2D eigenvalue weighted by atomic mass is 35.5. The van der Waals surface area contributed by atoms with Gasteiger partial charge in [0.05, 0.1) is 16.1 Å². The molecule has 256 valence electrons. The average molecular weight is 691 g/mol. The van der Waals surface area contributed by atoms with Crippen molar-refractivity contribution in [3.8, 4) is 45.6 Å². The molecule has 0 spiro atoms. The van der Waals surface area contributed by atoms with Crippen LogP contribution in [0.2, 0.25) is 5.02 Å². The first-order valence-corrected chi connectivity index (χ1v) is 16.8. The topological polar surface area (TPSA) is 99.9 Å². The van der Waals surface area contributed by atoms with Gasteiger partial charge in [0.15, 0.2) is 12.6 Å². The van der Waals surface area contributed by atoms with Gasteiger partial charge in [-0.05, 0) is 90.9 Å². The summed E-state index contributed by atoms with van der Waals surface area (Å²) in [6.45, 7) is 9.83. The summed E-state index contributed by atoms with van der Waals surface area (Å²) in [6, 6.07) is 27.4. The number of halogens is 1. The lowest BCUT2D eigenvalue weighted by molar-refractivity contribution is -0.152. The number of aldehydes is 1. The van der Waals surface area contributed by atoms with Crippen LogP contribution in [0.25, 0.3) is 22.3 Å². The molecule has 0 fully saturated rings. The predicted octanol–water partition coefficient (Wildman–Crippen LogP) is 9.31. The molecule has 0 aliphatic carbocycles. The van der Waals surface area contributed by atoms with Crippen molar-refractivity contribution in [3.63, 3.8) is 0 Å². The molecule has 4 aromatic carbocycles. The SMILES string of the molecule is CCOC(COc1cccc(-c2cccc(-c3cccc(COc4cc(OCc5cncc(C#N)c5)c(C=O)cc4Cl)c3C)c2C)c1)OCC. The Kier molecular flexibility index (Phi) is 12.6. The molecule has 5 aromatic rings. The van der Waals surface area contributed by atoms with Crippen molar-refractivity contribution in [1.29, 1.82) is 5.26 Å². The molecule has 0 aliphatic rings. The Morgan fingerprint density at radius 1 is 0.800 bits per heavy atom. The molecule has 1 heterocycles. The summed E-state index contributed by atoms with van der Waals surface area (Å²) in [4.78, 5) is 15.9. The average Bonchev–Trinajstić information content (AvgIpc) is 3.13. The zero-order chi connectivity index (χ0) is 35.5. The summed E-state index contributed by atoms with van der Waals surface area (Å²) in [7, 11) is 0. The fraction of sp³-hybridized carbons (Fsp3) is 0.244. The molecule has 0 amide bonds. The highest BCUT2D eigenvalue weighted by Gasteiger charge is 2.16. The smallest absolute Gasteiger partial charge is 0.191 e. The van der Waals surface area contributed by atoms with Gasteiger partial charge in [-0.25, -0.2) is 0 Å². The second-order valence-electron chi connectivity index (χ2n) is 11.5. The van der Waals surface area contributed by atoms with Gasteiger partial charge in [0.1, 0.15) is 43.1 Å². The molecule has 0 saturated heterocycles. The number of carbonyl (C=O) groups excluding carboxylic acids is 1. The second kappa shape index (κ2) is 17.5. The van der Waals surface area contributed by atoms with Gasteiger partial charge >= 0.3 is 0 Å². The highest BCUT2D eigenvalue weighted by molar-refractivity contribution is 6.32. The van der Waals surface area contributed by atoms with Crippen LogP contribution in [0.5, 0.6) is 17.2 Å². The first kappa shape index (κ1) is 36.1. The molecule has 50 heavy (non-hydrogen) atoms.